The van der Waals surface area contributed by atoms with Crippen molar-refractivity contribution in [2.75, 3.05) is 0 Å². The van der Waals surface area contributed by atoms with Crippen molar-refractivity contribution in [3.05, 3.63) is 34.7 Å². The molecular formula is C9H7NO4. The lowest BCUT2D eigenvalue weighted by Gasteiger charge is -1.96. The SMILES string of the molecule is O=Nc1cc(/C=C/C(=O)O)ccc1O. The molecule has 0 unspecified atom stereocenters. The van der Waals surface area contributed by atoms with E-state index in [-0.39, 0.29) is 11.4 Å². The lowest BCUT2D eigenvalue weighted by atomic mass is 10.2. The van der Waals surface area contributed by atoms with Gasteiger partial charge in [-0.25, -0.2) is 4.79 Å². The number of rotatable bonds is 3. The standard InChI is InChI=1S/C9H7NO4/c11-8-3-1-6(2-4-9(12)13)5-7(8)10-14/h1-5,11H,(H,12,13)/b4-2+. The highest BCUT2D eigenvalue weighted by atomic mass is 16.4. The topological polar surface area (TPSA) is 87.0 Å². The van der Waals surface area contributed by atoms with E-state index >= 15 is 0 Å². The van der Waals surface area contributed by atoms with Crippen LogP contribution in [0.2, 0.25) is 0 Å². The minimum absolute atomic E-state index is 0.113. The van der Waals surface area contributed by atoms with Gasteiger partial charge in [-0.3, -0.25) is 0 Å². The monoisotopic (exact) mass is 193 g/mol. The molecule has 0 bridgehead atoms. The maximum Gasteiger partial charge on any atom is 0.328 e. The van der Waals surface area contributed by atoms with Gasteiger partial charge in [0.25, 0.3) is 0 Å². The first-order valence-corrected chi connectivity index (χ1v) is 3.71. The van der Waals surface area contributed by atoms with E-state index in [1.54, 1.807) is 0 Å². The van der Waals surface area contributed by atoms with Crippen molar-refractivity contribution in [2.24, 2.45) is 5.18 Å². The van der Waals surface area contributed by atoms with Crippen LogP contribution in [0.5, 0.6) is 5.75 Å². The molecule has 14 heavy (non-hydrogen) atoms. The van der Waals surface area contributed by atoms with Crippen LogP contribution in [0.15, 0.2) is 29.5 Å². The van der Waals surface area contributed by atoms with Crippen LogP contribution in [-0.2, 0) is 4.79 Å². The number of nitrogens with zero attached hydrogens (tertiary/aromatic N) is 1. The van der Waals surface area contributed by atoms with E-state index < -0.39 is 5.97 Å². The van der Waals surface area contributed by atoms with Gasteiger partial charge >= 0.3 is 5.97 Å². The van der Waals surface area contributed by atoms with Crippen LogP contribution in [-0.4, -0.2) is 16.2 Å². The lowest BCUT2D eigenvalue weighted by Crippen LogP contribution is -1.85. The fraction of sp³-hybridized carbons (Fsp3) is 0. The molecule has 1 rings (SSSR count). The predicted octanol–water partition coefficient (Wildman–Crippen LogP) is 1.89. The van der Waals surface area contributed by atoms with Crippen LogP contribution in [0, 0.1) is 4.91 Å². The molecule has 5 heteroatoms. The number of carbonyl (C=O) groups is 1. The normalized spacial score (nSPS) is 10.3. The third-order valence-corrected chi connectivity index (χ3v) is 1.52. The maximum absolute atomic E-state index is 10.2. The molecule has 0 aliphatic carbocycles. The second kappa shape index (κ2) is 4.18. The Morgan fingerprint density at radius 2 is 2.14 bits per heavy atom. The van der Waals surface area contributed by atoms with E-state index in [4.69, 9.17) is 10.2 Å². The van der Waals surface area contributed by atoms with Gasteiger partial charge < -0.3 is 10.2 Å². The smallest absolute Gasteiger partial charge is 0.328 e. The van der Waals surface area contributed by atoms with Crippen molar-refractivity contribution in [1.29, 1.82) is 0 Å². The first kappa shape index (κ1) is 9.91. The van der Waals surface area contributed by atoms with Gasteiger partial charge in [-0.2, -0.15) is 0 Å². The molecular weight excluding hydrogens is 186 g/mol. The van der Waals surface area contributed by atoms with Gasteiger partial charge in [0.05, 0.1) is 0 Å². The first-order chi connectivity index (χ1) is 6.63. The van der Waals surface area contributed by atoms with Crippen LogP contribution < -0.4 is 0 Å². The Morgan fingerprint density at radius 3 is 2.71 bits per heavy atom. The van der Waals surface area contributed by atoms with Crippen molar-refractivity contribution in [3.63, 3.8) is 0 Å². The molecule has 1 aromatic rings. The zero-order valence-corrected chi connectivity index (χ0v) is 7.04. The van der Waals surface area contributed by atoms with Gasteiger partial charge in [0.2, 0.25) is 0 Å². The summed E-state index contributed by atoms with van der Waals surface area (Å²) in [5.74, 6) is -1.31. The number of hydrogen-bond donors (Lipinski definition) is 2. The summed E-state index contributed by atoms with van der Waals surface area (Å²) in [4.78, 5) is 20.3. The molecule has 0 aromatic heterocycles. The van der Waals surface area contributed by atoms with E-state index in [2.05, 4.69) is 5.18 Å². The van der Waals surface area contributed by atoms with Crippen LogP contribution in [0.4, 0.5) is 5.69 Å². The number of nitroso groups, excluding NO2 is 1. The van der Waals surface area contributed by atoms with Crippen molar-refractivity contribution in [2.45, 2.75) is 0 Å². The van der Waals surface area contributed by atoms with E-state index in [1.807, 2.05) is 0 Å². The number of benzene rings is 1. The Labute approximate surface area is 79.3 Å². The summed E-state index contributed by atoms with van der Waals surface area (Å²) in [6.07, 6.45) is 2.23. The van der Waals surface area contributed by atoms with Gasteiger partial charge in [0.15, 0.2) is 0 Å². The molecule has 0 aliphatic rings. The van der Waals surface area contributed by atoms with Crippen LogP contribution in [0.3, 0.4) is 0 Å². The van der Waals surface area contributed by atoms with Gasteiger partial charge in [-0.15, -0.1) is 4.91 Å². The molecule has 0 heterocycles. The van der Waals surface area contributed by atoms with E-state index in [0.717, 1.165) is 6.08 Å². The van der Waals surface area contributed by atoms with Crippen molar-refractivity contribution < 1.29 is 15.0 Å². The molecule has 0 saturated heterocycles. The minimum atomic E-state index is -1.08. The zero-order chi connectivity index (χ0) is 10.6. The second-order valence-corrected chi connectivity index (χ2v) is 2.51. The summed E-state index contributed by atoms with van der Waals surface area (Å²) in [7, 11) is 0. The summed E-state index contributed by atoms with van der Waals surface area (Å²) in [5, 5.41) is 20.0. The number of aromatic hydroxyl groups is 1. The number of hydrogen-bond acceptors (Lipinski definition) is 4. The van der Waals surface area contributed by atoms with Gasteiger partial charge in [0.1, 0.15) is 11.4 Å². The molecule has 2 N–H and O–H groups in total. The Hall–Kier alpha value is -2.17. The predicted molar refractivity (Wildman–Crippen MR) is 50.2 cm³/mol. The molecule has 0 atom stereocenters. The fourth-order valence-electron chi connectivity index (χ4n) is 0.885. The molecule has 0 radical (unpaired) electrons. The summed E-state index contributed by atoms with van der Waals surface area (Å²) in [5.41, 5.74) is 0.373. The average Bonchev–Trinajstić information content (AvgIpc) is 2.16. The highest BCUT2D eigenvalue weighted by Crippen LogP contribution is 2.27. The Balaban J connectivity index is 3.01. The number of carboxylic acid groups (broad SMARTS) is 1. The molecule has 0 aliphatic heterocycles. The summed E-state index contributed by atoms with van der Waals surface area (Å²) < 4.78 is 0. The summed E-state index contributed by atoms with van der Waals surface area (Å²) in [6.45, 7) is 0. The highest BCUT2D eigenvalue weighted by molar-refractivity contribution is 5.85. The van der Waals surface area contributed by atoms with E-state index in [9.17, 15) is 9.70 Å². The minimum Gasteiger partial charge on any atom is -0.506 e. The molecule has 0 spiro atoms. The molecule has 0 saturated carbocycles. The maximum atomic E-state index is 10.2. The lowest BCUT2D eigenvalue weighted by molar-refractivity contribution is -0.131. The Kier molecular flexibility index (Phi) is 2.96. The molecule has 5 nitrogen and oxygen atoms in total. The molecule has 0 amide bonds. The van der Waals surface area contributed by atoms with Crippen LogP contribution in [0.25, 0.3) is 6.08 Å². The van der Waals surface area contributed by atoms with Gasteiger partial charge in [-0.1, -0.05) is 6.07 Å². The number of carboxylic acids is 1. The van der Waals surface area contributed by atoms with Crippen molar-refractivity contribution in [3.8, 4) is 5.75 Å². The van der Waals surface area contributed by atoms with Crippen LogP contribution in [0.1, 0.15) is 5.56 Å². The summed E-state index contributed by atoms with van der Waals surface area (Å²) >= 11 is 0. The number of phenolic OH excluding ortho intramolecular Hbond substituents is 1. The Morgan fingerprint density at radius 1 is 1.43 bits per heavy atom. The van der Waals surface area contributed by atoms with Crippen LogP contribution >= 0.6 is 0 Å². The average molecular weight is 193 g/mol. The largest absolute Gasteiger partial charge is 0.506 e. The third kappa shape index (κ3) is 2.41. The molecule has 0 fully saturated rings. The van der Waals surface area contributed by atoms with Gasteiger partial charge in [0, 0.05) is 6.08 Å². The van der Waals surface area contributed by atoms with E-state index in [0.29, 0.717) is 5.56 Å². The van der Waals surface area contributed by atoms with E-state index in [1.165, 1.54) is 24.3 Å². The Bertz CT molecular complexity index is 398. The number of aliphatic carboxylic acids is 1. The summed E-state index contributed by atoms with van der Waals surface area (Å²) in [6, 6.07) is 4.05. The molecule has 1 aromatic carbocycles. The third-order valence-electron chi connectivity index (χ3n) is 1.52. The quantitative estimate of drug-likeness (QED) is 0.566. The number of phenols is 1. The van der Waals surface area contributed by atoms with Crippen molar-refractivity contribution >= 4 is 17.7 Å². The first-order valence-electron chi connectivity index (χ1n) is 3.71. The highest BCUT2D eigenvalue weighted by Gasteiger charge is 2.00. The second-order valence-electron chi connectivity index (χ2n) is 2.51. The zero-order valence-electron chi connectivity index (χ0n) is 7.04. The van der Waals surface area contributed by atoms with Crippen molar-refractivity contribution in [1.82, 2.24) is 0 Å². The van der Waals surface area contributed by atoms with Gasteiger partial charge in [-0.05, 0) is 28.9 Å². The fourth-order valence-corrected chi connectivity index (χ4v) is 0.885. The molecule has 72 valence electrons.